The molecule has 1 fully saturated rings. The van der Waals surface area contributed by atoms with E-state index in [9.17, 15) is 22.0 Å². The Kier molecular flexibility index (Phi) is 4.05. The van der Waals surface area contributed by atoms with Crippen LogP contribution in [0.2, 0.25) is 0 Å². The fourth-order valence-electron chi connectivity index (χ4n) is 2.19. The second-order valence-corrected chi connectivity index (χ2v) is 6.19. The number of hydrogen-bond acceptors (Lipinski definition) is 3. The molecule has 1 amide bonds. The summed E-state index contributed by atoms with van der Waals surface area (Å²) in [5, 5.41) is 4.81. The molecule has 1 aromatic carbocycles. The summed E-state index contributed by atoms with van der Waals surface area (Å²) in [5.41, 5.74) is -0.601. The van der Waals surface area contributed by atoms with Gasteiger partial charge in [0.1, 0.15) is 10.7 Å². The summed E-state index contributed by atoms with van der Waals surface area (Å²) in [6, 6.07) is 1.17. The fraction of sp³-hybridized carbons (Fsp3) is 0.417. The standard InChI is InChI=1S/C12H14F2N2O3S/c13-8-6-9(11(14)10(7-8)20(15,18)19)12(17)16-4-2-1-3-5-16/h6-7H,1-5H2,(H2,15,18,19). The zero-order valence-electron chi connectivity index (χ0n) is 10.6. The van der Waals surface area contributed by atoms with Crippen LogP contribution < -0.4 is 5.14 Å². The summed E-state index contributed by atoms with van der Waals surface area (Å²) in [6.45, 7) is 0.888. The molecule has 1 aromatic rings. The van der Waals surface area contributed by atoms with Crippen LogP contribution in [-0.4, -0.2) is 32.3 Å². The van der Waals surface area contributed by atoms with Gasteiger partial charge in [-0.1, -0.05) is 0 Å². The number of likely N-dealkylation sites (tertiary alicyclic amines) is 1. The molecule has 0 spiro atoms. The third-order valence-electron chi connectivity index (χ3n) is 3.18. The minimum Gasteiger partial charge on any atom is -0.339 e. The highest BCUT2D eigenvalue weighted by atomic mass is 32.2. The summed E-state index contributed by atoms with van der Waals surface area (Å²) >= 11 is 0. The van der Waals surface area contributed by atoms with Crippen molar-refractivity contribution in [1.82, 2.24) is 4.90 Å². The SMILES string of the molecule is NS(=O)(=O)c1cc(F)cc(C(=O)N2CCCCC2)c1F. The average molecular weight is 304 g/mol. The number of primary sulfonamides is 1. The minimum atomic E-state index is -4.43. The van der Waals surface area contributed by atoms with Gasteiger partial charge in [0.2, 0.25) is 10.0 Å². The van der Waals surface area contributed by atoms with Gasteiger partial charge < -0.3 is 4.90 Å². The Hall–Kier alpha value is -1.54. The topological polar surface area (TPSA) is 80.5 Å². The molecule has 1 aliphatic heterocycles. The van der Waals surface area contributed by atoms with E-state index in [0.717, 1.165) is 19.3 Å². The fourth-order valence-corrected chi connectivity index (χ4v) is 2.83. The van der Waals surface area contributed by atoms with E-state index >= 15 is 0 Å². The first-order chi connectivity index (χ1) is 9.30. The Morgan fingerprint density at radius 2 is 1.75 bits per heavy atom. The van der Waals surface area contributed by atoms with E-state index in [1.165, 1.54) is 4.90 Å². The monoisotopic (exact) mass is 304 g/mol. The van der Waals surface area contributed by atoms with E-state index in [1.807, 2.05) is 0 Å². The number of piperidine rings is 1. The van der Waals surface area contributed by atoms with Crippen molar-refractivity contribution in [3.8, 4) is 0 Å². The van der Waals surface area contributed by atoms with Crippen molar-refractivity contribution < 1.29 is 22.0 Å². The normalized spacial score (nSPS) is 16.2. The van der Waals surface area contributed by atoms with Gasteiger partial charge in [0, 0.05) is 13.1 Å². The molecule has 110 valence electrons. The second-order valence-electron chi connectivity index (χ2n) is 4.66. The smallest absolute Gasteiger partial charge is 0.256 e. The lowest BCUT2D eigenvalue weighted by Crippen LogP contribution is -2.36. The lowest BCUT2D eigenvalue weighted by Gasteiger charge is -2.27. The van der Waals surface area contributed by atoms with Gasteiger partial charge in [-0.05, 0) is 31.4 Å². The third kappa shape index (κ3) is 2.96. The Morgan fingerprint density at radius 1 is 1.15 bits per heavy atom. The molecule has 2 N–H and O–H groups in total. The molecule has 1 heterocycles. The predicted octanol–water partition coefficient (Wildman–Crippen LogP) is 1.24. The zero-order valence-corrected chi connectivity index (χ0v) is 11.4. The third-order valence-corrected chi connectivity index (χ3v) is 4.09. The van der Waals surface area contributed by atoms with Gasteiger partial charge in [-0.25, -0.2) is 22.3 Å². The van der Waals surface area contributed by atoms with Crippen molar-refractivity contribution in [3.05, 3.63) is 29.3 Å². The van der Waals surface area contributed by atoms with Gasteiger partial charge in [-0.3, -0.25) is 4.79 Å². The molecule has 1 aliphatic rings. The molecule has 5 nitrogen and oxygen atoms in total. The number of halogens is 2. The van der Waals surface area contributed by atoms with Crippen molar-refractivity contribution in [2.24, 2.45) is 5.14 Å². The highest BCUT2D eigenvalue weighted by molar-refractivity contribution is 7.89. The average Bonchev–Trinajstić information content (AvgIpc) is 2.40. The molecular formula is C12H14F2N2O3S. The van der Waals surface area contributed by atoms with E-state index in [-0.39, 0.29) is 0 Å². The number of benzene rings is 1. The van der Waals surface area contributed by atoms with Crippen molar-refractivity contribution >= 4 is 15.9 Å². The summed E-state index contributed by atoms with van der Waals surface area (Å²) in [7, 11) is -4.43. The van der Waals surface area contributed by atoms with E-state index < -0.39 is 38.0 Å². The zero-order chi connectivity index (χ0) is 14.9. The van der Waals surface area contributed by atoms with Crippen molar-refractivity contribution in [2.75, 3.05) is 13.1 Å². The maximum Gasteiger partial charge on any atom is 0.256 e. The first kappa shape index (κ1) is 14.9. The van der Waals surface area contributed by atoms with Gasteiger partial charge in [0.15, 0.2) is 5.82 Å². The van der Waals surface area contributed by atoms with Crippen LogP contribution in [-0.2, 0) is 10.0 Å². The van der Waals surface area contributed by atoms with Gasteiger partial charge in [0.25, 0.3) is 5.91 Å². The number of nitrogens with zero attached hydrogens (tertiary/aromatic N) is 1. The first-order valence-corrected chi connectivity index (χ1v) is 7.66. The largest absolute Gasteiger partial charge is 0.339 e. The van der Waals surface area contributed by atoms with Gasteiger partial charge >= 0.3 is 0 Å². The number of amides is 1. The second kappa shape index (κ2) is 5.45. The van der Waals surface area contributed by atoms with Crippen molar-refractivity contribution in [3.63, 3.8) is 0 Å². The summed E-state index contributed by atoms with van der Waals surface area (Å²) < 4.78 is 49.9. The maximum absolute atomic E-state index is 14.1. The van der Waals surface area contributed by atoms with E-state index in [1.54, 1.807) is 0 Å². The molecule has 0 unspecified atom stereocenters. The lowest BCUT2D eigenvalue weighted by atomic mass is 10.1. The number of carbonyl (C=O) groups is 1. The van der Waals surface area contributed by atoms with Crippen molar-refractivity contribution in [1.29, 1.82) is 0 Å². The van der Waals surface area contributed by atoms with Crippen LogP contribution in [0.4, 0.5) is 8.78 Å². The Labute approximate surface area is 115 Å². The number of carbonyl (C=O) groups excluding carboxylic acids is 1. The number of hydrogen-bond donors (Lipinski definition) is 1. The van der Waals surface area contributed by atoms with Gasteiger partial charge in [-0.2, -0.15) is 0 Å². The van der Waals surface area contributed by atoms with Crippen LogP contribution in [0, 0.1) is 11.6 Å². The number of sulfonamides is 1. The Balaban J connectivity index is 2.46. The van der Waals surface area contributed by atoms with Crippen LogP contribution >= 0.6 is 0 Å². The summed E-state index contributed by atoms with van der Waals surface area (Å²) in [6.07, 6.45) is 2.54. The predicted molar refractivity (Wildman–Crippen MR) is 67.5 cm³/mol. The van der Waals surface area contributed by atoms with Crippen molar-refractivity contribution in [2.45, 2.75) is 24.2 Å². The van der Waals surface area contributed by atoms with E-state index in [4.69, 9.17) is 5.14 Å². The molecule has 1 saturated heterocycles. The van der Waals surface area contributed by atoms with Crippen LogP contribution in [0.3, 0.4) is 0 Å². The summed E-state index contributed by atoms with van der Waals surface area (Å²) in [4.78, 5) is 12.5. The van der Waals surface area contributed by atoms with E-state index in [0.29, 0.717) is 25.2 Å². The van der Waals surface area contributed by atoms with E-state index in [2.05, 4.69) is 0 Å². The molecule has 20 heavy (non-hydrogen) atoms. The Bertz CT molecular complexity index is 640. The molecule has 0 atom stereocenters. The summed E-state index contributed by atoms with van der Waals surface area (Å²) in [5.74, 6) is -3.04. The molecule has 8 heteroatoms. The van der Waals surface area contributed by atoms with Crippen LogP contribution in [0.5, 0.6) is 0 Å². The molecule has 0 aliphatic carbocycles. The van der Waals surface area contributed by atoms with Gasteiger partial charge in [-0.15, -0.1) is 0 Å². The molecule has 0 radical (unpaired) electrons. The highest BCUT2D eigenvalue weighted by Gasteiger charge is 2.26. The van der Waals surface area contributed by atoms with Crippen LogP contribution in [0.25, 0.3) is 0 Å². The molecule has 0 saturated carbocycles. The van der Waals surface area contributed by atoms with Crippen LogP contribution in [0.1, 0.15) is 29.6 Å². The molecule has 2 rings (SSSR count). The maximum atomic E-state index is 14.1. The first-order valence-electron chi connectivity index (χ1n) is 6.12. The Morgan fingerprint density at radius 3 is 2.30 bits per heavy atom. The molecule has 0 bridgehead atoms. The molecule has 0 aromatic heterocycles. The quantitative estimate of drug-likeness (QED) is 0.892. The van der Waals surface area contributed by atoms with Gasteiger partial charge in [0.05, 0.1) is 5.56 Å². The lowest BCUT2D eigenvalue weighted by molar-refractivity contribution is 0.0718. The minimum absolute atomic E-state index is 0.444. The molecular weight excluding hydrogens is 290 g/mol. The highest BCUT2D eigenvalue weighted by Crippen LogP contribution is 2.22. The van der Waals surface area contributed by atoms with Crippen LogP contribution in [0.15, 0.2) is 17.0 Å². The number of nitrogens with two attached hydrogens (primary N) is 1. The number of rotatable bonds is 2.